The zero-order valence-corrected chi connectivity index (χ0v) is 19.5. The molecule has 0 saturated carbocycles. The summed E-state index contributed by atoms with van der Waals surface area (Å²) in [7, 11) is 0. The average molecular weight is 451 g/mol. The molecule has 0 atom stereocenters. The Balaban J connectivity index is 0.00000160. The quantitative estimate of drug-likeness (QED) is 0.602. The van der Waals surface area contributed by atoms with Crippen LogP contribution in [-0.4, -0.2) is 41.1 Å². The molecule has 30 heavy (non-hydrogen) atoms. The number of aromatic hydroxyl groups is 1. The summed E-state index contributed by atoms with van der Waals surface area (Å²) in [4.78, 5) is 5.02. The highest BCUT2D eigenvalue weighted by molar-refractivity contribution is 5.85. The molecule has 0 bridgehead atoms. The van der Waals surface area contributed by atoms with Crippen molar-refractivity contribution in [3.63, 3.8) is 0 Å². The molecule has 0 unspecified atom stereocenters. The zero-order chi connectivity index (χ0) is 19.2. The van der Waals surface area contributed by atoms with E-state index in [-0.39, 0.29) is 24.8 Å². The summed E-state index contributed by atoms with van der Waals surface area (Å²) >= 11 is 0. The lowest BCUT2D eigenvalue weighted by Gasteiger charge is -2.29. The van der Waals surface area contributed by atoms with E-state index in [1.54, 1.807) is 0 Å². The van der Waals surface area contributed by atoms with Gasteiger partial charge >= 0.3 is 0 Å². The van der Waals surface area contributed by atoms with Crippen molar-refractivity contribution in [3.8, 4) is 5.75 Å². The van der Waals surface area contributed by atoms with Gasteiger partial charge in [0.2, 0.25) is 0 Å². The van der Waals surface area contributed by atoms with Crippen molar-refractivity contribution < 1.29 is 5.11 Å². The number of benzene rings is 2. The van der Waals surface area contributed by atoms with Crippen LogP contribution in [0.1, 0.15) is 60.8 Å². The molecule has 2 fully saturated rings. The van der Waals surface area contributed by atoms with Crippen LogP contribution in [0.25, 0.3) is 0 Å². The van der Waals surface area contributed by atoms with Gasteiger partial charge in [0.25, 0.3) is 0 Å². The summed E-state index contributed by atoms with van der Waals surface area (Å²) < 4.78 is 0. The third kappa shape index (κ3) is 6.88. The Hall–Kier alpha value is -1.26. The van der Waals surface area contributed by atoms with Crippen molar-refractivity contribution in [2.45, 2.75) is 58.0 Å². The topological polar surface area (TPSA) is 26.7 Å². The largest absolute Gasteiger partial charge is 0.507 e. The first-order valence-electron chi connectivity index (χ1n) is 11.1. The normalized spacial score (nSPS) is 17.7. The second-order valence-corrected chi connectivity index (χ2v) is 8.60. The van der Waals surface area contributed by atoms with E-state index >= 15 is 0 Å². The van der Waals surface area contributed by atoms with Crippen molar-refractivity contribution >= 4 is 24.8 Å². The summed E-state index contributed by atoms with van der Waals surface area (Å²) in [5.74, 6) is 0.535. The van der Waals surface area contributed by atoms with Crippen LogP contribution in [0.15, 0.2) is 42.5 Å². The highest BCUT2D eigenvalue weighted by Gasteiger charge is 2.18. The van der Waals surface area contributed by atoms with E-state index in [0.29, 0.717) is 5.75 Å². The molecule has 1 N–H and O–H groups in total. The molecule has 0 aliphatic carbocycles. The minimum Gasteiger partial charge on any atom is -0.507 e. The van der Waals surface area contributed by atoms with E-state index in [9.17, 15) is 5.11 Å². The highest BCUT2D eigenvalue weighted by Crippen LogP contribution is 2.30. The van der Waals surface area contributed by atoms with Crippen LogP contribution < -0.4 is 0 Å². The van der Waals surface area contributed by atoms with Gasteiger partial charge in [-0.3, -0.25) is 9.80 Å². The molecule has 2 heterocycles. The van der Waals surface area contributed by atoms with Gasteiger partial charge in [0, 0.05) is 24.2 Å². The Labute approximate surface area is 194 Å². The van der Waals surface area contributed by atoms with Crippen LogP contribution in [-0.2, 0) is 19.5 Å². The molecule has 0 aromatic heterocycles. The van der Waals surface area contributed by atoms with Gasteiger partial charge in [-0.15, -0.1) is 24.8 Å². The number of phenols is 1. The molecule has 5 heteroatoms. The maximum absolute atomic E-state index is 11.1. The van der Waals surface area contributed by atoms with E-state index < -0.39 is 0 Å². The second kappa shape index (κ2) is 12.6. The number of rotatable bonds is 6. The molecule has 166 valence electrons. The molecule has 2 aliphatic heterocycles. The van der Waals surface area contributed by atoms with Crippen molar-refractivity contribution in [1.82, 2.24) is 9.80 Å². The number of hydrogen-bond acceptors (Lipinski definition) is 3. The standard InChI is InChI=1S/C25H34N2O.2ClH/c28-25-23(19-26-12-6-2-7-13-26)17-22(16-21-10-4-1-5-11-21)18-24(25)20-27-14-8-3-9-15-27;;/h1,4-5,10-11,17-18,28H,2-3,6-9,12-16,19-20H2;2*1H. The predicted molar refractivity (Wildman–Crippen MR) is 130 cm³/mol. The number of likely N-dealkylation sites (tertiary alicyclic amines) is 2. The zero-order valence-electron chi connectivity index (χ0n) is 17.9. The van der Waals surface area contributed by atoms with Gasteiger partial charge in [-0.2, -0.15) is 0 Å². The summed E-state index contributed by atoms with van der Waals surface area (Å²) in [6.07, 6.45) is 8.75. The summed E-state index contributed by atoms with van der Waals surface area (Å²) in [5, 5.41) is 11.1. The highest BCUT2D eigenvalue weighted by atomic mass is 35.5. The lowest BCUT2D eigenvalue weighted by molar-refractivity contribution is 0.213. The van der Waals surface area contributed by atoms with E-state index in [1.807, 2.05) is 0 Å². The maximum Gasteiger partial charge on any atom is 0.124 e. The molecule has 3 nitrogen and oxygen atoms in total. The van der Waals surface area contributed by atoms with E-state index in [1.165, 1.54) is 49.7 Å². The smallest absolute Gasteiger partial charge is 0.124 e. The van der Waals surface area contributed by atoms with Gasteiger partial charge < -0.3 is 5.11 Å². The van der Waals surface area contributed by atoms with Gasteiger partial charge in [0.1, 0.15) is 5.75 Å². The number of phenolic OH excluding ortho intramolecular Hbond substituents is 1. The Morgan fingerprint density at radius 3 is 1.57 bits per heavy atom. The monoisotopic (exact) mass is 450 g/mol. The number of piperidine rings is 2. The van der Waals surface area contributed by atoms with Crippen LogP contribution in [0.3, 0.4) is 0 Å². The number of nitrogens with zero attached hydrogens (tertiary/aromatic N) is 2. The van der Waals surface area contributed by atoms with Gasteiger partial charge in [-0.1, -0.05) is 55.3 Å². The minimum absolute atomic E-state index is 0. The summed E-state index contributed by atoms with van der Waals surface area (Å²) in [6.45, 7) is 6.38. The van der Waals surface area contributed by atoms with Gasteiger partial charge in [-0.25, -0.2) is 0 Å². The fourth-order valence-electron chi connectivity index (χ4n) is 4.72. The number of hydrogen-bond donors (Lipinski definition) is 1. The number of halogens is 2. The molecule has 2 aliphatic rings. The molecule has 0 radical (unpaired) electrons. The molecule has 0 amide bonds. The van der Waals surface area contributed by atoms with E-state index in [2.05, 4.69) is 52.3 Å². The minimum atomic E-state index is 0. The van der Waals surface area contributed by atoms with Crippen LogP contribution in [0, 0.1) is 0 Å². The first-order valence-corrected chi connectivity index (χ1v) is 11.1. The molecule has 4 rings (SSSR count). The predicted octanol–water partition coefficient (Wildman–Crippen LogP) is 5.80. The Morgan fingerprint density at radius 1 is 0.633 bits per heavy atom. The van der Waals surface area contributed by atoms with Crippen LogP contribution in [0.2, 0.25) is 0 Å². The van der Waals surface area contributed by atoms with Crippen LogP contribution in [0.5, 0.6) is 5.75 Å². The van der Waals surface area contributed by atoms with Crippen LogP contribution in [0.4, 0.5) is 0 Å². The second-order valence-electron chi connectivity index (χ2n) is 8.60. The van der Waals surface area contributed by atoms with Crippen molar-refractivity contribution in [2.75, 3.05) is 26.2 Å². The van der Waals surface area contributed by atoms with Gasteiger partial charge in [0.05, 0.1) is 0 Å². The maximum atomic E-state index is 11.1. The fraction of sp³-hybridized carbons (Fsp3) is 0.520. The average Bonchev–Trinajstić information content (AvgIpc) is 2.74. The van der Waals surface area contributed by atoms with E-state index in [0.717, 1.165) is 56.8 Å². The fourth-order valence-corrected chi connectivity index (χ4v) is 4.72. The molecular formula is C25H36Cl2N2O. The van der Waals surface area contributed by atoms with Gasteiger partial charge in [0.15, 0.2) is 0 Å². The Morgan fingerprint density at radius 2 is 1.10 bits per heavy atom. The molecular weight excluding hydrogens is 415 g/mol. The molecule has 2 aromatic rings. The van der Waals surface area contributed by atoms with Crippen molar-refractivity contribution in [1.29, 1.82) is 0 Å². The Kier molecular flexibility index (Phi) is 10.5. The molecule has 2 aromatic carbocycles. The third-order valence-electron chi connectivity index (χ3n) is 6.26. The molecule has 0 spiro atoms. The molecule has 2 saturated heterocycles. The lowest BCUT2D eigenvalue weighted by Crippen LogP contribution is -2.30. The lowest BCUT2D eigenvalue weighted by atomic mass is 9.97. The van der Waals surface area contributed by atoms with Crippen molar-refractivity contribution in [3.05, 3.63) is 64.7 Å². The van der Waals surface area contributed by atoms with E-state index in [4.69, 9.17) is 0 Å². The summed E-state index contributed by atoms with van der Waals surface area (Å²) in [6, 6.07) is 15.2. The SMILES string of the molecule is Cl.Cl.Oc1c(CN2CCCCC2)cc(Cc2ccccc2)cc1CN1CCCCC1. The Bertz CT molecular complexity index is 716. The first-order chi connectivity index (χ1) is 13.8. The van der Waals surface area contributed by atoms with Crippen molar-refractivity contribution in [2.24, 2.45) is 0 Å². The van der Waals surface area contributed by atoms with Gasteiger partial charge in [-0.05, 0) is 69.4 Å². The van der Waals surface area contributed by atoms with Crippen LogP contribution >= 0.6 is 24.8 Å². The first kappa shape index (κ1) is 25.0. The summed E-state index contributed by atoms with van der Waals surface area (Å²) in [5.41, 5.74) is 4.88. The third-order valence-corrected chi connectivity index (χ3v) is 6.26.